The highest BCUT2D eigenvalue weighted by Crippen LogP contribution is 2.18. The predicted molar refractivity (Wildman–Crippen MR) is 95.7 cm³/mol. The minimum absolute atomic E-state index is 0.0169. The molecule has 2 aromatic rings. The van der Waals surface area contributed by atoms with Crippen LogP contribution in [0.25, 0.3) is 0 Å². The summed E-state index contributed by atoms with van der Waals surface area (Å²) in [5.74, 6) is 0.358. The summed E-state index contributed by atoms with van der Waals surface area (Å²) in [5.41, 5.74) is 0.282. The number of rotatable bonds is 8. The van der Waals surface area contributed by atoms with E-state index in [2.05, 4.69) is 15.2 Å². The Morgan fingerprint density at radius 3 is 2.50 bits per heavy atom. The van der Waals surface area contributed by atoms with Crippen LogP contribution >= 0.6 is 11.6 Å². The first-order valence-electron chi connectivity index (χ1n) is 7.83. The Labute approximate surface area is 156 Å². The molecule has 0 bridgehead atoms. The van der Waals surface area contributed by atoms with Crippen LogP contribution in [0.1, 0.15) is 18.4 Å². The number of hydrogen-bond donors (Lipinski definition) is 2. The van der Waals surface area contributed by atoms with E-state index >= 15 is 0 Å². The molecule has 8 nitrogen and oxygen atoms in total. The van der Waals surface area contributed by atoms with Gasteiger partial charge in [-0.2, -0.15) is 0 Å². The molecule has 0 saturated carbocycles. The largest absolute Gasteiger partial charge is 0.481 e. The van der Waals surface area contributed by atoms with Crippen molar-refractivity contribution in [3.63, 3.8) is 0 Å². The molecule has 26 heavy (non-hydrogen) atoms. The molecule has 0 aliphatic carbocycles. The van der Waals surface area contributed by atoms with Gasteiger partial charge in [-0.1, -0.05) is 16.8 Å². The van der Waals surface area contributed by atoms with E-state index < -0.39 is 16.1 Å². The van der Waals surface area contributed by atoms with Crippen molar-refractivity contribution in [2.24, 2.45) is 0 Å². The van der Waals surface area contributed by atoms with Crippen LogP contribution in [0.2, 0.25) is 5.02 Å². The summed E-state index contributed by atoms with van der Waals surface area (Å²) in [4.78, 5) is 12.0. The average Bonchev–Trinajstić information content (AvgIpc) is 2.93. The molecule has 1 aromatic heterocycles. The van der Waals surface area contributed by atoms with Crippen LogP contribution in [0.4, 0.5) is 0 Å². The van der Waals surface area contributed by atoms with Crippen LogP contribution in [-0.4, -0.2) is 38.7 Å². The lowest BCUT2D eigenvalue weighted by Gasteiger charge is -2.15. The Morgan fingerprint density at radius 2 is 1.92 bits per heavy atom. The standard InChI is InChI=1S/C16H20ClN3O5S/c1-10-15(11(2)25-20-10)26(22,23)19-9-8-18-16(21)12(3)24-14-6-4-13(17)5-7-14/h4-7,12,19H,8-9H2,1-3H3,(H,18,21). The Morgan fingerprint density at radius 1 is 1.27 bits per heavy atom. The second-order valence-corrected chi connectivity index (χ2v) is 7.70. The van der Waals surface area contributed by atoms with Gasteiger partial charge in [0.2, 0.25) is 10.0 Å². The zero-order valence-electron chi connectivity index (χ0n) is 14.6. The fourth-order valence-corrected chi connectivity index (χ4v) is 3.70. The zero-order valence-corrected chi connectivity index (χ0v) is 16.1. The van der Waals surface area contributed by atoms with Crippen molar-refractivity contribution in [1.82, 2.24) is 15.2 Å². The van der Waals surface area contributed by atoms with Gasteiger partial charge in [0.25, 0.3) is 5.91 Å². The van der Waals surface area contributed by atoms with Gasteiger partial charge in [0.15, 0.2) is 11.9 Å². The van der Waals surface area contributed by atoms with Gasteiger partial charge in [0.05, 0.1) is 0 Å². The maximum atomic E-state index is 12.2. The molecule has 0 saturated heterocycles. The van der Waals surface area contributed by atoms with E-state index in [1.165, 1.54) is 6.92 Å². The molecule has 1 unspecified atom stereocenters. The molecule has 1 amide bonds. The van der Waals surface area contributed by atoms with Crippen molar-refractivity contribution in [2.75, 3.05) is 13.1 Å². The van der Waals surface area contributed by atoms with E-state index in [1.807, 2.05) is 0 Å². The Bertz CT molecular complexity index is 845. The third-order valence-electron chi connectivity index (χ3n) is 3.45. The number of benzene rings is 1. The lowest BCUT2D eigenvalue weighted by Crippen LogP contribution is -2.40. The predicted octanol–water partition coefficient (Wildman–Crippen LogP) is 1.81. The van der Waals surface area contributed by atoms with E-state index in [0.717, 1.165) is 0 Å². The summed E-state index contributed by atoms with van der Waals surface area (Å²) in [6.45, 7) is 4.79. The average molecular weight is 402 g/mol. The quantitative estimate of drug-likeness (QED) is 0.652. The van der Waals surface area contributed by atoms with Gasteiger partial charge in [-0.15, -0.1) is 0 Å². The van der Waals surface area contributed by atoms with Gasteiger partial charge in [-0.25, -0.2) is 13.1 Å². The highest BCUT2D eigenvalue weighted by Gasteiger charge is 2.23. The number of carbonyl (C=O) groups is 1. The van der Waals surface area contributed by atoms with Gasteiger partial charge in [-0.3, -0.25) is 4.79 Å². The molecule has 2 N–H and O–H groups in total. The molecule has 0 aliphatic rings. The molecule has 1 aromatic carbocycles. The first-order chi connectivity index (χ1) is 12.2. The third-order valence-corrected chi connectivity index (χ3v) is 5.41. The van der Waals surface area contributed by atoms with Crippen molar-refractivity contribution in [3.8, 4) is 5.75 Å². The number of nitrogens with one attached hydrogen (secondary N) is 2. The molecule has 0 aliphatic heterocycles. The van der Waals surface area contributed by atoms with Gasteiger partial charge in [-0.05, 0) is 45.0 Å². The summed E-state index contributed by atoms with van der Waals surface area (Å²) in [5, 5.41) is 6.79. The maximum absolute atomic E-state index is 12.2. The van der Waals surface area contributed by atoms with Crippen LogP contribution in [0.5, 0.6) is 5.75 Å². The summed E-state index contributed by atoms with van der Waals surface area (Å²) >= 11 is 5.79. The van der Waals surface area contributed by atoms with Crippen molar-refractivity contribution in [3.05, 3.63) is 40.7 Å². The fourth-order valence-electron chi connectivity index (χ4n) is 2.22. The van der Waals surface area contributed by atoms with Crippen LogP contribution in [-0.2, 0) is 14.8 Å². The topological polar surface area (TPSA) is 111 Å². The summed E-state index contributed by atoms with van der Waals surface area (Å²) in [6.07, 6.45) is -0.740. The molecule has 0 radical (unpaired) electrons. The Kier molecular flexibility index (Phi) is 6.63. The molecule has 1 heterocycles. The number of ether oxygens (including phenoxy) is 1. The van der Waals surface area contributed by atoms with Crippen molar-refractivity contribution >= 4 is 27.5 Å². The van der Waals surface area contributed by atoms with E-state index in [-0.39, 0.29) is 35.3 Å². The van der Waals surface area contributed by atoms with Gasteiger partial charge >= 0.3 is 0 Å². The lowest BCUT2D eigenvalue weighted by atomic mass is 10.3. The Balaban J connectivity index is 1.80. The maximum Gasteiger partial charge on any atom is 0.260 e. The summed E-state index contributed by atoms with van der Waals surface area (Å²) < 4.78 is 37.2. The molecular weight excluding hydrogens is 382 g/mol. The minimum atomic E-state index is -3.75. The molecule has 10 heteroatoms. The third kappa shape index (κ3) is 5.20. The highest BCUT2D eigenvalue weighted by molar-refractivity contribution is 7.89. The second-order valence-electron chi connectivity index (χ2n) is 5.56. The van der Waals surface area contributed by atoms with E-state index in [4.69, 9.17) is 20.9 Å². The van der Waals surface area contributed by atoms with Crippen LogP contribution in [0.3, 0.4) is 0 Å². The van der Waals surface area contributed by atoms with E-state index in [9.17, 15) is 13.2 Å². The molecule has 1 atom stereocenters. The van der Waals surface area contributed by atoms with Gasteiger partial charge < -0.3 is 14.6 Å². The zero-order chi connectivity index (χ0) is 19.3. The summed E-state index contributed by atoms with van der Waals surface area (Å²) in [7, 11) is -3.75. The monoisotopic (exact) mass is 401 g/mol. The summed E-state index contributed by atoms with van der Waals surface area (Å²) in [6, 6.07) is 6.63. The second kappa shape index (κ2) is 8.52. The fraction of sp³-hybridized carbons (Fsp3) is 0.375. The number of nitrogens with zero attached hydrogens (tertiary/aromatic N) is 1. The van der Waals surface area contributed by atoms with Crippen molar-refractivity contribution < 1.29 is 22.5 Å². The van der Waals surface area contributed by atoms with Crippen LogP contribution in [0.15, 0.2) is 33.7 Å². The van der Waals surface area contributed by atoms with E-state index in [0.29, 0.717) is 10.8 Å². The molecule has 2 rings (SSSR count). The number of aromatic nitrogens is 1. The molecule has 142 valence electrons. The lowest BCUT2D eigenvalue weighted by molar-refractivity contribution is -0.127. The molecule has 0 spiro atoms. The van der Waals surface area contributed by atoms with Gasteiger partial charge in [0.1, 0.15) is 16.3 Å². The van der Waals surface area contributed by atoms with Crippen LogP contribution < -0.4 is 14.8 Å². The minimum Gasteiger partial charge on any atom is -0.481 e. The molecular formula is C16H20ClN3O5S. The van der Waals surface area contributed by atoms with Crippen molar-refractivity contribution in [2.45, 2.75) is 31.8 Å². The number of halogens is 1. The number of aryl methyl sites for hydroxylation is 2. The molecule has 0 fully saturated rings. The Hall–Kier alpha value is -2.10. The normalized spacial score (nSPS) is 12.6. The van der Waals surface area contributed by atoms with Crippen molar-refractivity contribution in [1.29, 1.82) is 0 Å². The first kappa shape index (κ1) is 20.2. The number of carbonyl (C=O) groups excluding carboxylic acids is 1. The van der Waals surface area contributed by atoms with Crippen LogP contribution in [0, 0.1) is 13.8 Å². The SMILES string of the molecule is Cc1noc(C)c1S(=O)(=O)NCCNC(=O)C(C)Oc1ccc(Cl)cc1. The number of hydrogen-bond acceptors (Lipinski definition) is 6. The smallest absolute Gasteiger partial charge is 0.260 e. The van der Waals surface area contributed by atoms with E-state index in [1.54, 1.807) is 38.1 Å². The van der Waals surface area contributed by atoms with Gasteiger partial charge in [0, 0.05) is 18.1 Å². The number of amides is 1. The first-order valence-corrected chi connectivity index (χ1v) is 9.69. The highest BCUT2D eigenvalue weighted by atomic mass is 35.5. The number of sulfonamides is 1.